The Morgan fingerprint density at radius 1 is 1.05 bits per heavy atom. The minimum atomic E-state index is -0.846. The maximum atomic E-state index is 13.5. The molecule has 0 saturated heterocycles. The largest absolute Gasteiger partial charge is 0.491 e. The minimum absolute atomic E-state index is 0.0166. The van der Waals surface area contributed by atoms with Gasteiger partial charge in [-0.1, -0.05) is 24.3 Å². The van der Waals surface area contributed by atoms with Crippen LogP contribution in [0.5, 0.6) is 5.75 Å². The second kappa shape index (κ2) is 5.80. The van der Waals surface area contributed by atoms with E-state index in [1.165, 1.54) is 18.2 Å². The zero-order chi connectivity index (χ0) is 13.8. The van der Waals surface area contributed by atoms with E-state index in [1.54, 1.807) is 6.07 Å². The maximum Gasteiger partial charge on any atom is 0.131 e. The lowest BCUT2D eigenvalue weighted by atomic mass is 10.1. The van der Waals surface area contributed by atoms with E-state index in [2.05, 4.69) is 0 Å². The quantitative estimate of drug-likeness (QED) is 0.918. The van der Waals surface area contributed by atoms with E-state index in [0.717, 1.165) is 5.56 Å². The van der Waals surface area contributed by atoms with Gasteiger partial charge in [0.2, 0.25) is 0 Å². The van der Waals surface area contributed by atoms with Gasteiger partial charge >= 0.3 is 0 Å². The summed E-state index contributed by atoms with van der Waals surface area (Å²) in [5, 5.41) is 0. The number of ether oxygens (including phenoxy) is 1. The highest BCUT2D eigenvalue weighted by molar-refractivity contribution is 5.32. The van der Waals surface area contributed by atoms with Crippen molar-refractivity contribution in [1.29, 1.82) is 0 Å². The van der Waals surface area contributed by atoms with Crippen molar-refractivity contribution in [2.75, 3.05) is 6.61 Å². The lowest BCUT2D eigenvalue weighted by molar-refractivity contribution is 0.282. The Kier molecular flexibility index (Phi) is 4.12. The number of halogens is 2. The fourth-order valence-electron chi connectivity index (χ4n) is 1.85. The molecule has 0 radical (unpaired) electrons. The van der Waals surface area contributed by atoms with Gasteiger partial charge in [0.1, 0.15) is 24.0 Å². The minimum Gasteiger partial charge on any atom is -0.491 e. The second-order valence-electron chi connectivity index (χ2n) is 4.32. The first kappa shape index (κ1) is 13.5. The summed E-state index contributed by atoms with van der Waals surface area (Å²) in [5.74, 6) is -0.642. The molecule has 2 N–H and O–H groups in total. The first-order chi connectivity index (χ1) is 9.09. The third-order valence-electron chi connectivity index (χ3n) is 2.88. The van der Waals surface area contributed by atoms with E-state index in [1.807, 2.05) is 25.1 Å². The SMILES string of the molecule is Cc1ccccc1OCC(N)c1c(F)cccc1F. The van der Waals surface area contributed by atoms with Gasteiger partial charge in [0.25, 0.3) is 0 Å². The summed E-state index contributed by atoms with van der Waals surface area (Å²) in [6.45, 7) is 1.91. The van der Waals surface area contributed by atoms with Gasteiger partial charge in [-0.15, -0.1) is 0 Å². The molecular formula is C15H15F2NO. The van der Waals surface area contributed by atoms with Gasteiger partial charge in [-0.3, -0.25) is 0 Å². The summed E-state index contributed by atoms with van der Waals surface area (Å²) in [4.78, 5) is 0. The molecule has 0 aliphatic carbocycles. The van der Waals surface area contributed by atoms with Gasteiger partial charge in [0.05, 0.1) is 6.04 Å². The number of hydrogen-bond acceptors (Lipinski definition) is 2. The van der Waals surface area contributed by atoms with Crippen LogP contribution in [0.2, 0.25) is 0 Å². The van der Waals surface area contributed by atoms with E-state index in [0.29, 0.717) is 5.75 Å². The zero-order valence-corrected chi connectivity index (χ0v) is 10.6. The Morgan fingerprint density at radius 3 is 2.32 bits per heavy atom. The van der Waals surface area contributed by atoms with E-state index in [-0.39, 0.29) is 12.2 Å². The van der Waals surface area contributed by atoms with Crippen LogP contribution in [0, 0.1) is 18.6 Å². The molecule has 0 aliphatic heterocycles. The van der Waals surface area contributed by atoms with Gasteiger partial charge in [0, 0.05) is 5.56 Å². The van der Waals surface area contributed by atoms with E-state index in [4.69, 9.17) is 10.5 Å². The molecule has 2 rings (SSSR count). The Balaban J connectivity index is 2.10. The van der Waals surface area contributed by atoms with Crippen LogP contribution in [0.4, 0.5) is 8.78 Å². The molecule has 19 heavy (non-hydrogen) atoms. The summed E-state index contributed by atoms with van der Waals surface area (Å²) in [5.41, 5.74) is 6.59. The molecular weight excluding hydrogens is 248 g/mol. The topological polar surface area (TPSA) is 35.2 Å². The number of rotatable bonds is 4. The predicted octanol–water partition coefficient (Wildman–Crippen LogP) is 3.35. The van der Waals surface area contributed by atoms with Crippen molar-refractivity contribution >= 4 is 0 Å². The molecule has 0 bridgehead atoms. The van der Waals surface area contributed by atoms with E-state index < -0.39 is 17.7 Å². The number of hydrogen-bond donors (Lipinski definition) is 1. The van der Waals surface area contributed by atoms with Crippen molar-refractivity contribution in [3.8, 4) is 5.75 Å². The average molecular weight is 263 g/mol. The third-order valence-corrected chi connectivity index (χ3v) is 2.88. The van der Waals surface area contributed by atoms with Crippen molar-refractivity contribution in [3.05, 3.63) is 65.2 Å². The number of para-hydroxylation sites is 1. The lowest BCUT2D eigenvalue weighted by Crippen LogP contribution is -2.21. The van der Waals surface area contributed by atoms with Crippen molar-refractivity contribution in [2.45, 2.75) is 13.0 Å². The van der Waals surface area contributed by atoms with Crippen LogP contribution >= 0.6 is 0 Å². The molecule has 0 aromatic heterocycles. The molecule has 2 nitrogen and oxygen atoms in total. The molecule has 0 fully saturated rings. The molecule has 0 saturated carbocycles. The summed E-state index contributed by atoms with van der Waals surface area (Å²) in [6.07, 6.45) is 0. The fourth-order valence-corrected chi connectivity index (χ4v) is 1.85. The molecule has 1 unspecified atom stereocenters. The van der Waals surface area contributed by atoms with E-state index >= 15 is 0 Å². The zero-order valence-electron chi connectivity index (χ0n) is 10.6. The summed E-state index contributed by atoms with van der Waals surface area (Å²) in [6, 6.07) is 10.2. The molecule has 2 aromatic rings. The van der Waals surface area contributed by atoms with Gasteiger partial charge in [-0.2, -0.15) is 0 Å². The summed E-state index contributed by atoms with van der Waals surface area (Å²) < 4.78 is 32.6. The van der Waals surface area contributed by atoms with Crippen molar-refractivity contribution in [3.63, 3.8) is 0 Å². The third kappa shape index (κ3) is 3.09. The van der Waals surface area contributed by atoms with Crippen molar-refractivity contribution < 1.29 is 13.5 Å². The average Bonchev–Trinajstić information content (AvgIpc) is 2.37. The van der Waals surface area contributed by atoms with Crippen LogP contribution in [-0.2, 0) is 0 Å². The molecule has 1 atom stereocenters. The summed E-state index contributed by atoms with van der Waals surface area (Å²) >= 11 is 0. The Morgan fingerprint density at radius 2 is 1.68 bits per heavy atom. The monoisotopic (exact) mass is 263 g/mol. The van der Waals surface area contributed by atoms with Crippen molar-refractivity contribution in [2.24, 2.45) is 5.73 Å². The van der Waals surface area contributed by atoms with Crippen LogP contribution in [0.25, 0.3) is 0 Å². The molecule has 0 amide bonds. The molecule has 4 heteroatoms. The van der Waals surface area contributed by atoms with Crippen LogP contribution in [0.1, 0.15) is 17.2 Å². The normalized spacial score (nSPS) is 12.2. The highest BCUT2D eigenvalue weighted by atomic mass is 19.1. The van der Waals surface area contributed by atoms with Gasteiger partial charge < -0.3 is 10.5 Å². The summed E-state index contributed by atoms with van der Waals surface area (Å²) in [7, 11) is 0. The molecule has 2 aromatic carbocycles. The second-order valence-corrected chi connectivity index (χ2v) is 4.32. The number of nitrogens with two attached hydrogens (primary N) is 1. The van der Waals surface area contributed by atoms with Crippen LogP contribution in [0.3, 0.4) is 0 Å². The van der Waals surface area contributed by atoms with Crippen LogP contribution in [-0.4, -0.2) is 6.61 Å². The maximum absolute atomic E-state index is 13.5. The van der Waals surface area contributed by atoms with Gasteiger partial charge in [-0.05, 0) is 30.7 Å². The van der Waals surface area contributed by atoms with Crippen molar-refractivity contribution in [1.82, 2.24) is 0 Å². The number of benzene rings is 2. The first-order valence-electron chi connectivity index (χ1n) is 5.97. The van der Waals surface area contributed by atoms with E-state index in [9.17, 15) is 8.78 Å². The highest BCUT2D eigenvalue weighted by Crippen LogP contribution is 2.22. The van der Waals surface area contributed by atoms with Crippen LogP contribution in [0.15, 0.2) is 42.5 Å². The Labute approximate surface area is 110 Å². The Bertz CT molecular complexity index is 552. The first-order valence-corrected chi connectivity index (χ1v) is 5.97. The standard InChI is InChI=1S/C15H15F2NO/c1-10-5-2-3-8-14(10)19-9-13(18)15-11(16)6-4-7-12(15)17/h2-8,13H,9,18H2,1H3. The van der Waals surface area contributed by atoms with Gasteiger partial charge in [0.15, 0.2) is 0 Å². The lowest BCUT2D eigenvalue weighted by Gasteiger charge is -2.16. The highest BCUT2D eigenvalue weighted by Gasteiger charge is 2.17. The Hall–Kier alpha value is -1.94. The van der Waals surface area contributed by atoms with Gasteiger partial charge in [-0.25, -0.2) is 8.78 Å². The molecule has 0 heterocycles. The fraction of sp³-hybridized carbons (Fsp3) is 0.200. The van der Waals surface area contributed by atoms with Crippen LogP contribution < -0.4 is 10.5 Å². The molecule has 0 spiro atoms. The molecule has 0 aliphatic rings. The predicted molar refractivity (Wildman–Crippen MR) is 70.0 cm³/mol. The smallest absolute Gasteiger partial charge is 0.131 e. The molecule has 100 valence electrons. The number of aryl methyl sites for hydroxylation is 1.